The Hall–Kier alpha value is -1.60. The number of allylic oxidation sites excluding steroid dienone is 3. The minimum absolute atomic E-state index is 0.174. The SMILES string of the molecule is C=N/C(=C(C#N)\C=C/C)N1CC(C)(N)C1. The molecule has 2 N–H and O–H groups in total. The second-order valence-corrected chi connectivity index (χ2v) is 4.02. The van der Waals surface area contributed by atoms with Crippen LogP contribution in [0, 0.1) is 11.3 Å². The summed E-state index contributed by atoms with van der Waals surface area (Å²) in [5.74, 6) is 0.624. The lowest BCUT2D eigenvalue weighted by molar-refractivity contribution is 0.121. The van der Waals surface area contributed by atoms with Crippen LogP contribution in [0.1, 0.15) is 13.8 Å². The first-order chi connectivity index (χ1) is 7.04. The summed E-state index contributed by atoms with van der Waals surface area (Å²) in [5, 5.41) is 8.95. The lowest BCUT2D eigenvalue weighted by Crippen LogP contribution is -2.64. The van der Waals surface area contributed by atoms with Gasteiger partial charge in [0.15, 0.2) is 0 Å². The van der Waals surface area contributed by atoms with Gasteiger partial charge in [0, 0.05) is 18.6 Å². The Bertz CT molecular complexity index is 349. The van der Waals surface area contributed by atoms with Crippen molar-refractivity contribution in [3.8, 4) is 6.07 Å². The standard InChI is InChI=1S/C11H16N4/c1-4-5-9(6-12)10(14-3)15-7-11(2,13)8-15/h4-5H,3,7-8,13H2,1-2H3/b5-4-,10-9-. The minimum atomic E-state index is -0.174. The van der Waals surface area contributed by atoms with Crippen LogP contribution in [0.5, 0.6) is 0 Å². The van der Waals surface area contributed by atoms with E-state index in [1.807, 2.05) is 24.8 Å². The highest BCUT2D eigenvalue weighted by Gasteiger charge is 2.36. The van der Waals surface area contributed by atoms with E-state index >= 15 is 0 Å². The Kier molecular flexibility index (Phi) is 3.28. The number of likely N-dealkylation sites (tertiary alicyclic amines) is 1. The third kappa shape index (κ3) is 2.45. The molecular weight excluding hydrogens is 188 g/mol. The maximum atomic E-state index is 8.95. The molecule has 1 aliphatic heterocycles. The van der Waals surface area contributed by atoms with Crippen LogP contribution in [-0.4, -0.2) is 30.2 Å². The van der Waals surface area contributed by atoms with E-state index in [1.165, 1.54) is 0 Å². The maximum absolute atomic E-state index is 8.95. The van der Waals surface area contributed by atoms with Crippen LogP contribution in [-0.2, 0) is 0 Å². The predicted molar refractivity (Wildman–Crippen MR) is 61.2 cm³/mol. The lowest BCUT2D eigenvalue weighted by Gasteiger charge is -2.46. The van der Waals surface area contributed by atoms with Crippen LogP contribution in [0.3, 0.4) is 0 Å². The maximum Gasteiger partial charge on any atom is 0.145 e. The zero-order valence-electron chi connectivity index (χ0n) is 9.20. The molecule has 0 bridgehead atoms. The Morgan fingerprint density at radius 1 is 1.67 bits per heavy atom. The number of nitriles is 1. The molecule has 4 heteroatoms. The topological polar surface area (TPSA) is 65.4 Å². The molecule has 0 spiro atoms. The summed E-state index contributed by atoms with van der Waals surface area (Å²) in [5.41, 5.74) is 6.25. The van der Waals surface area contributed by atoms with Crippen LogP contribution in [0.25, 0.3) is 0 Å². The fourth-order valence-corrected chi connectivity index (χ4v) is 1.66. The molecule has 1 aliphatic rings. The molecule has 0 saturated carbocycles. The monoisotopic (exact) mass is 204 g/mol. The van der Waals surface area contributed by atoms with Gasteiger partial charge in [0.25, 0.3) is 0 Å². The van der Waals surface area contributed by atoms with Gasteiger partial charge in [0.05, 0.1) is 5.57 Å². The van der Waals surface area contributed by atoms with E-state index in [-0.39, 0.29) is 5.54 Å². The van der Waals surface area contributed by atoms with Crippen molar-refractivity contribution >= 4 is 6.72 Å². The fourth-order valence-electron chi connectivity index (χ4n) is 1.66. The van der Waals surface area contributed by atoms with E-state index in [0.717, 1.165) is 0 Å². The average molecular weight is 204 g/mol. The minimum Gasteiger partial charge on any atom is -0.352 e. The smallest absolute Gasteiger partial charge is 0.145 e. The number of aliphatic imine (C=N–C) groups is 1. The van der Waals surface area contributed by atoms with E-state index in [2.05, 4.69) is 17.8 Å². The molecule has 1 rings (SSSR count). The van der Waals surface area contributed by atoms with Gasteiger partial charge in [-0.2, -0.15) is 5.26 Å². The molecular formula is C11H16N4. The third-order valence-corrected chi connectivity index (χ3v) is 2.25. The van der Waals surface area contributed by atoms with Gasteiger partial charge in [-0.05, 0) is 26.6 Å². The molecule has 0 radical (unpaired) electrons. The van der Waals surface area contributed by atoms with Gasteiger partial charge in [-0.1, -0.05) is 6.08 Å². The van der Waals surface area contributed by atoms with Crippen LogP contribution < -0.4 is 5.73 Å². The quantitative estimate of drug-likeness (QED) is 0.424. The number of rotatable bonds is 3. The Balaban J connectivity index is 2.90. The van der Waals surface area contributed by atoms with Crippen molar-refractivity contribution in [1.29, 1.82) is 5.26 Å². The van der Waals surface area contributed by atoms with Crippen molar-refractivity contribution in [3.63, 3.8) is 0 Å². The molecule has 1 saturated heterocycles. The average Bonchev–Trinajstić information content (AvgIpc) is 2.14. The summed E-state index contributed by atoms with van der Waals surface area (Å²) < 4.78 is 0. The van der Waals surface area contributed by atoms with E-state index in [9.17, 15) is 0 Å². The van der Waals surface area contributed by atoms with Crippen LogP contribution in [0.15, 0.2) is 28.5 Å². The zero-order chi connectivity index (χ0) is 11.5. The Morgan fingerprint density at radius 3 is 2.60 bits per heavy atom. The van der Waals surface area contributed by atoms with Crippen molar-refractivity contribution in [2.45, 2.75) is 19.4 Å². The molecule has 0 atom stereocenters. The highest BCUT2D eigenvalue weighted by Crippen LogP contribution is 2.25. The van der Waals surface area contributed by atoms with Crippen molar-refractivity contribution in [2.24, 2.45) is 10.7 Å². The second-order valence-electron chi connectivity index (χ2n) is 4.02. The van der Waals surface area contributed by atoms with Gasteiger partial charge in [0.1, 0.15) is 11.9 Å². The van der Waals surface area contributed by atoms with Gasteiger partial charge in [0.2, 0.25) is 0 Å². The molecule has 1 fully saturated rings. The van der Waals surface area contributed by atoms with Crippen LogP contribution >= 0.6 is 0 Å². The van der Waals surface area contributed by atoms with E-state index in [4.69, 9.17) is 11.0 Å². The molecule has 0 aliphatic carbocycles. The fraction of sp³-hybridized carbons (Fsp3) is 0.455. The van der Waals surface area contributed by atoms with Crippen molar-refractivity contribution in [3.05, 3.63) is 23.5 Å². The summed E-state index contributed by atoms with van der Waals surface area (Å²) in [7, 11) is 0. The van der Waals surface area contributed by atoms with Gasteiger partial charge in [-0.15, -0.1) is 0 Å². The van der Waals surface area contributed by atoms with Crippen molar-refractivity contribution < 1.29 is 0 Å². The van der Waals surface area contributed by atoms with E-state index in [0.29, 0.717) is 24.5 Å². The van der Waals surface area contributed by atoms with Crippen LogP contribution in [0.2, 0.25) is 0 Å². The van der Waals surface area contributed by atoms with E-state index < -0.39 is 0 Å². The molecule has 15 heavy (non-hydrogen) atoms. The van der Waals surface area contributed by atoms with Gasteiger partial charge >= 0.3 is 0 Å². The largest absolute Gasteiger partial charge is 0.352 e. The number of hydrogen-bond acceptors (Lipinski definition) is 4. The van der Waals surface area contributed by atoms with Gasteiger partial charge in [-0.25, -0.2) is 4.99 Å². The zero-order valence-corrected chi connectivity index (χ0v) is 9.20. The molecule has 0 aromatic carbocycles. The molecule has 0 aromatic heterocycles. The molecule has 0 aromatic rings. The van der Waals surface area contributed by atoms with Gasteiger partial charge < -0.3 is 10.6 Å². The molecule has 0 amide bonds. The second kappa shape index (κ2) is 4.28. The first kappa shape index (κ1) is 11.5. The summed E-state index contributed by atoms with van der Waals surface area (Å²) in [6, 6.07) is 2.11. The summed E-state index contributed by atoms with van der Waals surface area (Å²) >= 11 is 0. The number of nitrogens with two attached hydrogens (primary N) is 1. The highest BCUT2D eigenvalue weighted by atomic mass is 15.3. The summed E-state index contributed by atoms with van der Waals surface area (Å²) in [6.07, 6.45) is 3.54. The number of nitrogens with zero attached hydrogens (tertiary/aromatic N) is 3. The Labute approximate surface area is 90.4 Å². The molecule has 1 heterocycles. The predicted octanol–water partition coefficient (Wildman–Crippen LogP) is 1.03. The first-order valence-electron chi connectivity index (χ1n) is 4.81. The van der Waals surface area contributed by atoms with Crippen molar-refractivity contribution in [1.82, 2.24) is 4.90 Å². The summed E-state index contributed by atoms with van der Waals surface area (Å²) in [4.78, 5) is 5.86. The Morgan fingerprint density at radius 2 is 2.27 bits per heavy atom. The lowest BCUT2D eigenvalue weighted by atomic mass is 9.93. The van der Waals surface area contributed by atoms with E-state index in [1.54, 1.807) is 6.08 Å². The molecule has 0 unspecified atom stereocenters. The molecule has 80 valence electrons. The third-order valence-electron chi connectivity index (χ3n) is 2.25. The summed E-state index contributed by atoms with van der Waals surface area (Å²) in [6.45, 7) is 8.75. The molecule has 4 nitrogen and oxygen atoms in total. The highest BCUT2D eigenvalue weighted by molar-refractivity contribution is 5.41. The normalized spacial score (nSPS) is 20.5. The number of hydrogen-bond donors (Lipinski definition) is 1. The van der Waals surface area contributed by atoms with Crippen molar-refractivity contribution in [2.75, 3.05) is 13.1 Å². The van der Waals surface area contributed by atoms with Crippen LogP contribution in [0.4, 0.5) is 0 Å². The first-order valence-corrected chi connectivity index (χ1v) is 4.81. The van der Waals surface area contributed by atoms with Gasteiger partial charge in [-0.3, -0.25) is 0 Å².